The van der Waals surface area contributed by atoms with E-state index in [4.69, 9.17) is 16.3 Å². The van der Waals surface area contributed by atoms with E-state index in [0.29, 0.717) is 16.1 Å². The van der Waals surface area contributed by atoms with Crippen LogP contribution in [-0.2, 0) is 5.33 Å². The molecule has 2 aromatic carbocycles. The molecule has 2 aromatic rings. The number of benzene rings is 2. The molecule has 2 rings (SSSR count). The molecule has 0 N–H and O–H groups in total. The number of aryl methyl sites for hydroxylation is 1. The average Bonchev–Trinajstić information content (AvgIpc) is 2.34. The van der Waals surface area contributed by atoms with Crippen molar-refractivity contribution in [1.82, 2.24) is 0 Å². The molecule has 18 heavy (non-hydrogen) atoms. The monoisotopic (exact) mass is 328 g/mol. The van der Waals surface area contributed by atoms with Crippen LogP contribution in [0.5, 0.6) is 11.5 Å². The molecule has 0 bridgehead atoms. The highest BCUT2D eigenvalue weighted by molar-refractivity contribution is 9.08. The number of alkyl halides is 1. The zero-order valence-corrected chi connectivity index (χ0v) is 12.1. The summed E-state index contributed by atoms with van der Waals surface area (Å²) in [5.41, 5.74) is 1.63. The summed E-state index contributed by atoms with van der Waals surface area (Å²) in [6, 6.07) is 10.1. The van der Waals surface area contributed by atoms with Crippen molar-refractivity contribution < 1.29 is 9.13 Å². The van der Waals surface area contributed by atoms with Gasteiger partial charge in [-0.3, -0.25) is 0 Å². The molecule has 1 nitrogen and oxygen atoms in total. The Labute approximate surface area is 119 Å². The van der Waals surface area contributed by atoms with Gasteiger partial charge in [0.25, 0.3) is 0 Å². The second kappa shape index (κ2) is 5.72. The van der Waals surface area contributed by atoms with E-state index in [9.17, 15) is 4.39 Å². The van der Waals surface area contributed by atoms with Crippen molar-refractivity contribution in [3.8, 4) is 11.5 Å². The van der Waals surface area contributed by atoms with E-state index in [1.54, 1.807) is 24.3 Å². The minimum atomic E-state index is -0.374. The summed E-state index contributed by atoms with van der Waals surface area (Å²) in [5.74, 6) is 0.479. The predicted octanol–water partition coefficient (Wildman–Crippen LogP) is 5.47. The summed E-state index contributed by atoms with van der Waals surface area (Å²) < 4.78 is 19.4. The maximum absolute atomic E-state index is 13.8. The van der Waals surface area contributed by atoms with Crippen LogP contribution in [0.4, 0.5) is 4.39 Å². The lowest BCUT2D eigenvalue weighted by atomic mass is 10.2. The number of halogens is 3. The fourth-order valence-corrected chi connectivity index (χ4v) is 2.28. The largest absolute Gasteiger partial charge is 0.454 e. The van der Waals surface area contributed by atoms with E-state index >= 15 is 0 Å². The van der Waals surface area contributed by atoms with Gasteiger partial charge in [-0.1, -0.05) is 39.7 Å². The van der Waals surface area contributed by atoms with Crippen molar-refractivity contribution in [3.05, 3.63) is 58.4 Å². The van der Waals surface area contributed by atoms with Gasteiger partial charge in [-0.2, -0.15) is 0 Å². The van der Waals surface area contributed by atoms with Crippen molar-refractivity contribution >= 4 is 27.5 Å². The quantitative estimate of drug-likeness (QED) is 0.678. The van der Waals surface area contributed by atoms with Crippen LogP contribution in [0.3, 0.4) is 0 Å². The van der Waals surface area contributed by atoms with Crippen LogP contribution < -0.4 is 4.74 Å². The Bertz CT molecular complexity index is 572. The maximum Gasteiger partial charge on any atom is 0.167 e. The first-order valence-electron chi connectivity index (χ1n) is 5.39. The number of hydrogen-bond acceptors (Lipinski definition) is 1. The molecule has 0 atom stereocenters. The van der Waals surface area contributed by atoms with Gasteiger partial charge in [-0.15, -0.1) is 0 Å². The van der Waals surface area contributed by atoms with Crippen LogP contribution in [0.2, 0.25) is 5.02 Å². The van der Waals surface area contributed by atoms with Gasteiger partial charge in [0.15, 0.2) is 11.6 Å². The van der Waals surface area contributed by atoms with Crippen molar-refractivity contribution in [3.63, 3.8) is 0 Å². The molecular formula is C14H11BrClFO. The van der Waals surface area contributed by atoms with E-state index < -0.39 is 0 Å². The third kappa shape index (κ3) is 2.85. The van der Waals surface area contributed by atoms with Gasteiger partial charge in [0, 0.05) is 15.9 Å². The Morgan fingerprint density at radius 3 is 2.72 bits per heavy atom. The Hall–Kier alpha value is -1.06. The first-order valence-corrected chi connectivity index (χ1v) is 6.89. The fraction of sp³-hybridized carbons (Fsp3) is 0.143. The third-order valence-corrected chi connectivity index (χ3v) is 3.38. The highest BCUT2D eigenvalue weighted by atomic mass is 79.9. The van der Waals surface area contributed by atoms with Gasteiger partial charge in [0.1, 0.15) is 5.75 Å². The zero-order chi connectivity index (χ0) is 13.1. The van der Waals surface area contributed by atoms with Crippen LogP contribution in [0, 0.1) is 12.7 Å². The van der Waals surface area contributed by atoms with Crippen molar-refractivity contribution in [2.45, 2.75) is 12.3 Å². The van der Waals surface area contributed by atoms with Crippen LogP contribution in [-0.4, -0.2) is 0 Å². The summed E-state index contributed by atoms with van der Waals surface area (Å²) in [7, 11) is 0. The highest BCUT2D eigenvalue weighted by Crippen LogP contribution is 2.32. The molecule has 0 saturated carbocycles. The Morgan fingerprint density at radius 1 is 1.28 bits per heavy atom. The third-order valence-electron chi connectivity index (χ3n) is 2.54. The average molecular weight is 330 g/mol. The van der Waals surface area contributed by atoms with Crippen LogP contribution in [0.1, 0.15) is 11.1 Å². The Kier molecular flexibility index (Phi) is 4.25. The number of rotatable bonds is 3. The lowest BCUT2D eigenvalue weighted by Crippen LogP contribution is -1.94. The van der Waals surface area contributed by atoms with Gasteiger partial charge in [0.05, 0.1) is 0 Å². The van der Waals surface area contributed by atoms with Gasteiger partial charge in [-0.05, 0) is 36.8 Å². The fourth-order valence-electron chi connectivity index (χ4n) is 1.61. The molecule has 0 heterocycles. The van der Waals surface area contributed by atoms with Crippen LogP contribution in [0.15, 0.2) is 36.4 Å². The normalized spacial score (nSPS) is 10.4. The molecule has 0 amide bonds. The number of ether oxygens (including phenoxy) is 1. The van der Waals surface area contributed by atoms with Gasteiger partial charge >= 0.3 is 0 Å². The van der Waals surface area contributed by atoms with Crippen LogP contribution in [0.25, 0.3) is 0 Å². The smallest absolute Gasteiger partial charge is 0.167 e. The number of para-hydroxylation sites is 1. The highest BCUT2D eigenvalue weighted by Gasteiger charge is 2.11. The molecular weight excluding hydrogens is 319 g/mol. The van der Waals surface area contributed by atoms with E-state index in [-0.39, 0.29) is 11.6 Å². The molecule has 94 valence electrons. The predicted molar refractivity (Wildman–Crippen MR) is 75.3 cm³/mol. The molecule has 0 unspecified atom stereocenters. The summed E-state index contributed by atoms with van der Waals surface area (Å²) >= 11 is 9.19. The molecule has 0 radical (unpaired) electrons. The Morgan fingerprint density at radius 2 is 2.06 bits per heavy atom. The standard InChI is InChI=1S/C14H11BrClFO/c1-9-7-11(16)5-6-13(9)18-14-10(8-15)3-2-4-12(14)17/h2-7H,8H2,1H3. The molecule has 4 heteroatoms. The van der Waals surface area contributed by atoms with Crippen LogP contribution >= 0.6 is 27.5 Å². The van der Waals surface area contributed by atoms with E-state index in [0.717, 1.165) is 11.1 Å². The second-order valence-corrected chi connectivity index (χ2v) is 4.87. The Balaban J connectivity index is 2.39. The minimum absolute atomic E-state index is 0.250. The summed E-state index contributed by atoms with van der Waals surface area (Å²) in [6.07, 6.45) is 0. The van der Waals surface area contributed by atoms with Crippen molar-refractivity contribution in [2.75, 3.05) is 0 Å². The lowest BCUT2D eigenvalue weighted by molar-refractivity contribution is 0.436. The molecule has 0 aliphatic carbocycles. The summed E-state index contributed by atoms with van der Waals surface area (Å²) in [5, 5.41) is 1.17. The summed E-state index contributed by atoms with van der Waals surface area (Å²) in [4.78, 5) is 0. The molecule has 0 spiro atoms. The zero-order valence-electron chi connectivity index (χ0n) is 9.71. The van der Waals surface area contributed by atoms with E-state index in [2.05, 4.69) is 15.9 Å². The molecule has 0 saturated heterocycles. The summed E-state index contributed by atoms with van der Waals surface area (Å²) in [6.45, 7) is 1.87. The van der Waals surface area contributed by atoms with E-state index in [1.807, 2.05) is 13.0 Å². The molecule has 0 aromatic heterocycles. The van der Waals surface area contributed by atoms with Gasteiger partial charge < -0.3 is 4.74 Å². The maximum atomic E-state index is 13.8. The molecule has 0 aliphatic rings. The first kappa shape index (κ1) is 13.4. The SMILES string of the molecule is Cc1cc(Cl)ccc1Oc1c(F)cccc1CBr. The lowest BCUT2D eigenvalue weighted by Gasteiger charge is -2.12. The van der Waals surface area contributed by atoms with Gasteiger partial charge in [-0.25, -0.2) is 4.39 Å². The number of hydrogen-bond donors (Lipinski definition) is 0. The second-order valence-electron chi connectivity index (χ2n) is 3.87. The van der Waals surface area contributed by atoms with Gasteiger partial charge in [0.2, 0.25) is 0 Å². The topological polar surface area (TPSA) is 9.23 Å². The molecule has 0 fully saturated rings. The minimum Gasteiger partial charge on any atom is -0.454 e. The van der Waals surface area contributed by atoms with Crippen molar-refractivity contribution in [2.24, 2.45) is 0 Å². The first-order chi connectivity index (χ1) is 8.61. The van der Waals surface area contributed by atoms with Crippen molar-refractivity contribution in [1.29, 1.82) is 0 Å². The van der Waals surface area contributed by atoms with E-state index in [1.165, 1.54) is 6.07 Å². The molecule has 0 aliphatic heterocycles.